The van der Waals surface area contributed by atoms with Gasteiger partial charge in [0.2, 0.25) is 5.91 Å². The van der Waals surface area contributed by atoms with Crippen molar-refractivity contribution < 1.29 is 14.0 Å². The molecule has 0 aliphatic heterocycles. The summed E-state index contributed by atoms with van der Waals surface area (Å²) in [5, 5.41) is 5.50. The second kappa shape index (κ2) is 9.57. The Hall–Kier alpha value is -1.53. The zero-order valence-electron chi connectivity index (χ0n) is 12.8. The minimum atomic E-state index is -0.575. The van der Waals surface area contributed by atoms with Crippen LogP contribution in [0.5, 0.6) is 0 Å². The molecule has 0 aromatic heterocycles. The van der Waals surface area contributed by atoms with Crippen molar-refractivity contribution in [2.24, 2.45) is 5.73 Å². The molecule has 0 spiro atoms. The highest BCUT2D eigenvalue weighted by Crippen LogP contribution is 2.28. The van der Waals surface area contributed by atoms with Crippen LogP contribution in [0.4, 0.5) is 9.18 Å². The number of carbonyl (C=O) groups is 2. The maximum atomic E-state index is 13.5. The second-order valence-electron chi connectivity index (χ2n) is 5.18. The Balaban J connectivity index is 2.37. The molecule has 1 aromatic carbocycles. The van der Waals surface area contributed by atoms with Crippen molar-refractivity contribution in [2.45, 2.75) is 38.6 Å². The van der Waals surface area contributed by atoms with Gasteiger partial charge in [-0.3, -0.25) is 4.79 Å². The fourth-order valence-electron chi connectivity index (χ4n) is 2.06. The molecule has 0 unspecified atom stereocenters. The van der Waals surface area contributed by atoms with Gasteiger partial charge < -0.3 is 16.4 Å². The van der Waals surface area contributed by atoms with Crippen LogP contribution < -0.4 is 16.4 Å². The molecule has 0 saturated heterocycles. The number of halogens is 3. The number of amides is 3. The number of urea groups is 1. The molecule has 3 amide bonds. The van der Waals surface area contributed by atoms with Crippen LogP contribution in [0, 0.1) is 5.82 Å². The van der Waals surface area contributed by atoms with Crippen molar-refractivity contribution >= 4 is 35.1 Å². The first-order valence-corrected chi connectivity index (χ1v) is 8.04. The summed E-state index contributed by atoms with van der Waals surface area (Å²) in [6.07, 6.45) is 2.56. The number of hydrogen-bond acceptors (Lipinski definition) is 2. The lowest BCUT2D eigenvalue weighted by Gasteiger charge is -2.16. The van der Waals surface area contributed by atoms with Gasteiger partial charge in [-0.1, -0.05) is 29.6 Å². The van der Waals surface area contributed by atoms with Crippen molar-refractivity contribution in [1.29, 1.82) is 0 Å². The van der Waals surface area contributed by atoms with Gasteiger partial charge in [-0.05, 0) is 37.5 Å². The third kappa shape index (κ3) is 7.05. The molecular weight excluding hydrogens is 344 g/mol. The number of carbonyl (C=O) groups excluding carboxylic acids is 2. The van der Waals surface area contributed by atoms with E-state index >= 15 is 0 Å². The molecule has 0 aliphatic carbocycles. The lowest BCUT2D eigenvalue weighted by atomic mass is 10.1. The fraction of sp³-hybridized carbons (Fsp3) is 0.467. The predicted octanol–water partition coefficient (Wildman–Crippen LogP) is 3.54. The van der Waals surface area contributed by atoms with Gasteiger partial charge in [0.05, 0.1) is 11.1 Å². The summed E-state index contributed by atoms with van der Waals surface area (Å²) < 4.78 is 13.5. The molecule has 0 aliphatic rings. The molecule has 0 radical (unpaired) electrons. The number of hydrogen-bond donors (Lipinski definition) is 3. The molecule has 5 nitrogen and oxygen atoms in total. The van der Waals surface area contributed by atoms with E-state index in [9.17, 15) is 14.0 Å². The van der Waals surface area contributed by atoms with Gasteiger partial charge in [-0.2, -0.15) is 0 Å². The van der Waals surface area contributed by atoms with Gasteiger partial charge in [0.25, 0.3) is 0 Å². The van der Waals surface area contributed by atoms with E-state index < -0.39 is 17.9 Å². The molecular formula is C15H20Cl2FN3O2. The Morgan fingerprint density at radius 1 is 1.22 bits per heavy atom. The number of primary amides is 1. The molecule has 1 rings (SSSR count). The lowest BCUT2D eigenvalue weighted by Crippen LogP contribution is -2.30. The highest BCUT2D eigenvalue weighted by molar-refractivity contribution is 6.35. The summed E-state index contributed by atoms with van der Waals surface area (Å²) in [7, 11) is 0. The third-order valence-corrected chi connectivity index (χ3v) is 3.88. The zero-order valence-corrected chi connectivity index (χ0v) is 14.3. The van der Waals surface area contributed by atoms with E-state index in [-0.39, 0.29) is 10.9 Å². The first-order valence-electron chi connectivity index (χ1n) is 7.28. The normalized spacial score (nSPS) is 11.8. The molecule has 23 heavy (non-hydrogen) atoms. The summed E-state index contributed by atoms with van der Waals surface area (Å²) >= 11 is 11.7. The molecule has 1 atom stereocenters. The highest BCUT2D eigenvalue weighted by atomic mass is 35.5. The highest BCUT2D eigenvalue weighted by Gasteiger charge is 2.15. The zero-order chi connectivity index (χ0) is 17.4. The smallest absolute Gasteiger partial charge is 0.312 e. The fourth-order valence-corrected chi connectivity index (χ4v) is 2.61. The standard InChI is InChI=1S/C15H20Cl2FN3O2/c1-9(10-7-13(18)12(17)8-11(10)16)21-14(22)5-3-2-4-6-20-15(19)23/h7-9H,2-6H2,1H3,(H,21,22)(H3,19,20,23)/t9-/m1/s1. The molecule has 128 valence electrons. The Morgan fingerprint density at radius 2 is 1.91 bits per heavy atom. The first-order chi connectivity index (χ1) is 10.8. The largest absolute Gasteiger partial charge is 0.352 e. The van der Waals surface area contributed by atoms with Crippen LogP contribution in [0.3, 0.4) is 0 Å². The second-order valence-corrected chi connectivity index (χ2v) is 5.99. The van der Waals surface area contributed by atoms with Crippen molar-refractivity contribution in [1.82, 2.24) is 10.6 Å². The maximum absolute atomic E-state index is 13.5. The number of benzene rings is 1. The summed E-state index contributed by atoms with van der Waals surface area (Å²) in [5.41, 5.74) is 5.42. The van der Waals surface area contributed by atoms with E-state index in [1.807, 2.05) is 0 Å². The quantitative estimate of drug-likeness (QED) is 0.487. The van der Waals surface area contributed by atoms with Crippen molar-refractivity contribution in [3.63, 3.8) is 0 Å². The van der Waals surface area contributed by atoms with E-state index in [0.29, 0.717) is 30.0 Å². The molecule has 0 fully saturated rings. The molecule has 4 N–H and O–H groups in total. The number of nitrogens with one attached hydrogen (secondary N) is 2. The average molecular weight is 364 g/mol. The van der Waals surface area contributed by atoms with Crippen LogP contribution in [0.2, 0.25) is 10.0 Å². The minimum Gasteiger partial charge on any atom is -0.352 e. The van der Waals surface area contributed by atoms with Gasteiger partial charge in [0, 0.05) is 18.0 Å². The Labute approximate surface area is 144 Å². The van der Waals surface area contributed by atoms with Crippen LogP contribution in [0.15, 0.2) is 12.1 Å². The van der Waals surface area contributed by atoms with E-state index in [1.165, 1.54) is 12.1 Å². The predicted molar refractivity (Wildman–Crippen MR) is 89.0 cm³/mol. The molecule has 0 heterocycles. The van der Waals surface area contributed by atoms with Gasteiger partial charge in [-0.25, -0.2) is 9.18 Å². The summed E-state index contributed by atoms with van der Waals surface area (Å²) in [6, 6.07) is 1.58. The summed E-state index contributed by atoms with van der Waals surface area (Å²) in [6.45, 7) is 2.22. The van der Waals surface area contributed by atoms with Gasteiger partial charge in [-0.15, -0.1) is 0 Å². The number of nitrogens with two attached hydrogens (primary N) is 1. The lowest BCUT2D eigenvalue weighted by molar-refractivity contribution is -0.121. The average Bonchev–Trinajstić information content (AvgIpc) is 2.46. The van der Waals surface area contributed by atoms with E-state index in [2.05, 4.69) is 10.6 Å². The SMILES string of the molecule is C[C@@H](NC(=O)CCCCCNC(N)=O)c1cc(F)c(Cl)cc1Cl. The van der Waals surface area contributed by atoms with Crippen molar-refractivity contribution in [3.05, 3.63) is 33.6 Å². The van der Waals surface area contributed by atoms with Crippen LogP contribution in [0.1, 0.15) is 44.2 Å². The monoisotopic (exact) mass is 363 g/mol. The van der Waals surface area contributed by atoms with Gasteiger partial charge in [0.1, 0.15) is 5.82 Å². The van der Waals surface area contributed by atoms with Crippen molar-refractivity contribution in [2.75, 3.05) is 6.54 Å². The van der Waals surface area contributed by atoms with Crippen LogP contribution >= 0.6 is 23.2 Å². The summed E-state index contributed by atoms with van der Waals surface area (Å²) in [4.78, 5) is 22.3. The molecule has 1 aromatic rings. The Morgan fingerprint density at radius 3 is 2.57 bits per heavy atom. The third-order valence-electron chi connectivity index (χ3n) is 3.26. The topological polar surface area (TPSA) is 84.2 Å². The van der Waals surface area contributed by atoms with Crippen molar-refractivity contribution in [3.8, 4) is 0 Å². The van der Waals surface area contributed by atoms with Crippen LogP contribution in [0.25, 0.3) is 0 Å². The van der Waals surface area contributed by atoms with E-state index in [4.69, 9.17) is 28.9 Å². The molecule has 0 bridgehead atoms. The summed E-state index contributed by atoms with van der Waals surface area (Å²) in [5.74, 6) is -0.721. The van der Waals surface area contributed by atoms with Crippen LogP contribution in [-0.4, -0.2) is 18.5 Å². The Kier molecular flexibility index (Phi) is 8.12. The Bertz CT molecular complexity index is 570. The van der Waals surface area contributed by atoms with Gasteiger partial charge >= 0.3 is 6.03 Å². The molecule has 0 saturated carbocycles. The van der Waals surface area contributed by atoms with E-state index in [1.54, 1.807) is 6.92 Å². The van der Waals surface area contributed by atoms with Crippen LogP contribution in [-0.2, 0) is 4.79 Å². The number of rotatable bonds is 8. The first kappa shape index (κ1) is 19.5. The minimum absolute atomic E-state index is 0.0538. The van der Waals surface area contributed by atoms with Gasteiger partial charge in [0.15, 0.2) is 0 Å². The number of unbranched alkanes of at least 4 members (excludes halogenated alkanes) is 2. The maximum Gasteiger partial charge on any atom is 0.312 e. The van der Waals surface area contributed by atoms with E-state index in [0.717, 1.165) is 12.8 Å². The molecule has 8 heteroatoms.